The summed E-state index contributed by atoms with van der Waals surface area (Å²) in [6, 6.07) is 15.5. The van der Waals surface area contributed by atoms with Crippen LogP contribution in [0.3, 0.4) is 0 Å². The molecule has 2 aromatic rings. The van der Waals surface area contributed by atoms with E-state index < -0.39 is 21.3 Å². The first-order valence-electron chi connectivity index (χ1n) is 14.3. The molecule has 2 aliphatic heterocycles. The van der Waals surface area contributed by atoms with E-state index in [0.717, 1.165) is 69.5 Å². The molecule has 41 heavy (non-hydrogen) atoms. The minimum atomic E-state index is -3.44. The lowest BCUT2D eigenvalue weighted by atomic mass is 9.59. The molecular formula is C31H37FN4O4S. The summed E-state index contributed by atoms with van der Waals surface area (Å²) < 4.78 is 38.4. The second-order valence-corrected chi connectivity index (χ2v) is 13.5. The molecule has 1 aliphatic carbocycles. The monoisotopic (exact) mass is 580 g/mol. The number of anilines is 1. The summed E-state index contributed by atoms with van der Waals surface area (Å²) in [5.74, 6) is -0.108. The molecule has 5 rings (SSSR count). The molecule has 3 atom stereocenters. The molecule has 1 amide bonds. The molecule has 10 heteroatoms. The lowest BCUT2D eigenvalue weighted by Gasteiger charge is -2.48. The number of piperidine rings is 1. The predicted octanol–water partition coefficient (Wildman–Crippen LogP) is 4.79. The van der Waals surface area contributed by atoms with Crippen molar-refractivity contribution in [3.8, 4) is 6.07 Å². The van der Waals surface area contributed by atoms with Crippen LogP contribution in [0.4, 0.5) is 14.9 Å². The van der Waals surface area contributed by atoms with Gasteiger partial charge in [0.2, 0.25) is 0 Å². The van der Waals surface area contributed by atoms with Crippen LogP contribution in [0, 0.1) is 34.9 Å². The van der Waals surface area contributed by atoms with E-state index in [-0.39, 0.29) is 28.6 Å². The van der Waals surface area contributed by atoms with Crippen LogP contribution in [0.5, 0.6) is 0 Å². The molecule has 218 valence electrons. The first kappa shape index (κ1) is 29.1. The Kier molecular flexibility index (Phi) is 8.39. The predicted molar refractivity (Wildman–Crippen MR) is 155 cm³/mol. The summed E-state index contributed by atoms with van der Waals surface area (Å²) in [5.41, 5.74) is 0.693. The highest BCUT2D eigenvalue weighted by molar-refractivity contribution is 7.94. The third-order valence-corrected chi connectivity index (χ3v) is 10.7. The number of rotatable bonds is 9. The van der Waals surface area contributed by atoms with Gasteiger partial charge in [-0.3, -0.25) is 0 Å². The minimum Gasteiger partial charge on any atom is -0.465 e. The molecule has 2 saturated heterocycles. The molecule has 2 aromatic carbocycles. The highest BCUT2D eigenvalue weighted by Crippen LogP contribution is 2.50. The van der Waals surface area contributed by atoms with Gasteiger partial charge in [-0.05, 0) is 86.7 Å². The van der Waals surface area contributed by atoms with Crippen LogP contribution < -0.4 is 10.2 Å². The number of benzene rings is 2. The first-order chi connectivity index (χ1) is 19.7. The second kappa shape index (κ2) is 11.8. The van der Waals surface area contributed by atoms with Crippen molar-refractivity contribution in [1.29, 1.82) is 5.26 Å². The van der Waals surface area contributed by atoms with Gasteiger partial charge >= 0.3 is 6.09 Å². The molecule has 1 unspecified atom stereocenters. The van der Waals surface area contributed by atoms with E-state index in [1.54, 1.807) is 18.2 Å². The molecule has 3 fully saturated rings. The van der Waals surface area contributed by atoms with Gasteiger partial charge in [0.1, 0.15) is 5.82 Å². The molecular weight excluding hydrogens is 543 g/mol. The average molecular weight is 581 g/mol. The van der Waals surface area contributed by atoms with E-state index in [4.69, 9.17) is 0 Å². The molecule has 3 aliphatic rings. The van der Waals surface area contributed by atoms with E-state index >= 15 is 0 Å². The van der Waals surface area contributed by atoms with Crippen molar-refractivity contribution < 1.29 is 22.7 Å². The smallest absolute Gasteiger partial charge is 0.404 e. The van der Waals surface area contributed by atoms with E-state index in [1.165, 1.54) is 12.1 Å². The fourth-order valence-electron chi connectivity index (χ4n) is 7.35. The van der Waals surface area contributed by atoms with Gasteiger partial charge in [0.25, 0.3) is 0 Å². The Balaban J connectivity index is 1.23. The lowest BCUT2D eigenvalue weighted by Crippen LogP contribution is -2.55. The third-order valence-electron chi connectivity index (χ3n) is 9.35. The van der Waals surface area contributed by atoms with E-state index in [0.29, 0.717) is 17.9 Å². The molecule has 0 aromatic heterocycles. The third kappa shape index (κ3) is 5.84. The second-order valence-electron chi connectivity index (χ2n) is 11.6. The zero-order valence-corrected chi connectivity index (χ0v) is 23.9. The van der Waals surface area contributed by atoms with Crippen molar-refractivity contribution in [3.63, 3.8) is 0 Å². The van der Waals surface area contributed by atoms with E-state index in [1.807, 2.05) is 18.2 Å². The highest BCUT2D eigenvalue weighted by atomic mass is 32.2. The van der Waals surface area contributed by atoms with Crippen LogP contribution in [0.25, 0.3) is 0 Å². The molecule has 2 N–H and O–H groups in total. The molecule has 0 bridgehead atoms. The van der Waals surface area contributed by atoms with Crippen LogP contribution in [-0.4, -0.2) is 63.3 Å². The summed E-state index contributed by atoms with van der Waals surface area (Å²) in [7, 11) is -3.44. The lowest BCUT2D eigenvalue weighted by molar-refractivity contribution is 0.0949. The van der Waals surface area contributed by atoms with E-state index in [9.17, 15) is 28.0 Å². The molecule has 0 radical (unpaired) electrons. The van der Waals surface area contributed by atoms with Crippen LogP contribution in [-0.2, 0) is 15.3 Å². The fraction of sp³-hybridized carbons (Fsp3) is 0.484. The topological polar surface area (TPSA) is 114 Å². The molecule has 1 saturated carbocycles. The Bertz CT molecular complexity index is 1410. The summed E-state index contributed by atoms with van der Waals surface area (Å²) >= 11 is 0. The minimum absolute atomic E-state index is 0.00464. The van der Waals surface area contributed by atoms with Crippen molar-refractivity contribution in [2.24, 2.45) is 17.8 Å². The van der Waals surface area contributed by atoms with Gasteiger partial charge in [0, 0.05) is 48.6 Å². The van der Waals surface area contributed by atoms with Gasteiger partial charge in [-0.2, -0.15) is 5.26 Å². The number of halogens is 1. The SMILES string of the molecule is C=CS(=O)(=O)c1ccc(N2CC(CN3CCC(C(C#N)(c4cccc(F)c4)[C@H]4CCC[C@@H]4NC(=O)O)CC3)C2)cc1. The number of carboxylic acid groups (broad SMARTS) is 1. The van der Waals surface area contributed by atoms with Gasteiger partial charge in [-0.25, -0.2) is 17.6 Å². The average Bonchev–Trinajstić information content (AvgIpc) is 3.40. The normalized spacial score (nSPS) is 23.8. The highest BCUT2D eigenvalue weighted by Gasteiger charge is 2.52. The van der Waals surface area contributed by atoms with Crippen molar-refractivity contribution >= 4 is 21.6 Å². The van der Waals surface area contributed by atoms with Crippen molar-refractivity contribution in [2.75, 3.05) is 37.6 Å². The summed E-state index contributed by atoms with van der Waals surface area (Å²) in [5, 5.41) is 23.8. The van der Waals surface area contributed by atoms with Crippen LogP contribution >= 0.6 is 0 Å². The standard InChI is InChI=1S/C31H37FN4O4S/c1-2-41(39,40)27-11-9-26(10-12-27)36-19-22(20-36)18-35-15-13-23(14-16-35)31(21-33,24-5-3-6-25(32)17-24)28-7-4-8-29(28)34-30(37)38/h2-3,5-6,9-12,17,22-23,28-29,34H,1,4,7-8,13-16,18-20H2,(H,37,38)/t28-,29-,31?/m0/s1. The van der Waals surface area contributed by atoms with Crippen LogP contribution in [0.1, 0.15) is 37.7 Å². The number of carbonyl (C=O) groups is 1. The van der Waals surface area contributed by atoms with Crippen molar-refractivity contribution in [3.05, 3.63) is 71.9 Å². The Hall–Kier alpha value is -3.42. The quantitative estimate of drug-likeness (QED) is 0.439. The maximum Gasteiger partial charge on any atom is 0.404 e. The van der Waals surface area contributed by atoms with Crippen molar-refractivity contribution in [1.82, 2.24) is 10.2 Å². The number of likely N-dealkylation sites (tertiary alicyclic amines) is 1. The maximum atomic E-state index is 14.4. The molecule has 8 nitrogen and oxygen atoms in total. The number of sulfone groups is 1. The van der Waals surface area contributed by atoms with Crippen LogP contribution in [0.2, 0.25) is 0 Å². The number of hydrogen-bond donors (Lipinski definition) is 2. The van der Waals surface area contributed by atoms with Gasteiger partial charge in [-0.1, -0.05) is 25.1 Å². The van der Waals surface area contributed by atoms with Crippen LogP contribution in [0.15, 0.2) is 65.4 Å². The van der Waals surface area contributed by atoms with Gasteiger partial charge in [-0.15, -0.1) is 0 Å². The number of nitrogens with zero attached hydrogens (tertiary/aromatic N) is 3. The van der Waals surface area contributed by atoms with Gasteiger partial charge in [0.15, 0.2) is 9.84 Å². The van der Waals surface area contributed by atoms with Gasteiger partial charge in [0.05, 0.1) is 16.4 Å². The largest absolute Gasteiger partial charge is 0.465 e. The molecule has 2 heterocycles. The van der Waals surface area contributed by atoms with Crippen molar-refractivity contribution in [2.45, 2.75) is 48.5 Å². The van der Waals surface area contributed by atoms with Gasteiger partial charge < -0.3 is 20.2 Å². The number of hydrogen-bond acceptors (Lipinski definition) is 6. The zero-order chi connectivity index (χ0) is 29.2. The summed E-state index contributed by atoms with van der Waals surface area (Å²) in [4.78, 5) is 16.5. The maximum absolute atomic E-state index is 14.4. The molecule has 0 spiro atoms. The number of nitriles is 1. The Morgan fingerprint density at radius 3 is 2.46 bits per heavy atom. The number of amides is 1. The number of nitrogens with one attached hydrogen (secondary N) is 1. The Labute approximate surface area is 241 Å². The summed E-state index contributed by atoms with van der Waals surface area (Å²) in [6.07, 6.45) is 2.73. The summed E-state index contributed by atoms with van der Waals surface area (Å²) in [6.45, 7) is 7.77. The Morgan fingerprint density at radius 2 is 1.85 bits per heavy atom. The fourth-order valence-corrected chi connectivity index (χ4v) is 8.06. The van der Waals surface area contributed by atoms with E-state index in [2.05, 4.69) is 27.8 Å². The Morgan fingerprint density at radius 1 is 1.15 bits per heavy atom. The zero-order valence-electron chi connectivity index (χ0n) is 23.1. The first-order valence-corrected chi connectivity index (χ1v) is 15.8.